The molecule has 6 heteroatoms. The van der Waals surface area contributed by atoms with E-state index >= 15 is 0 Å². The van der Waals surface area contributed by atoms with Crippen molar-refractivity contribution in [1.29, 1.82) is 0 Å². The zero-order chi connectivity index (χ0) is 13.2. The van der Waals surface area contributed by atoms with Gasteiger partial charge in [-0.2, -0.15) is 11.8 Å². The largest absolute Gasteiger partial charge is 0.481 e. The summed E-state index contributed by atoms with van der Waals surface area (Å²) in [5.74, 6) is -1.76. The van der Waals surface area contributed by atoms with E-state index in [0.29, 0.717) is 13.0 Å². The Balaban J connectivity index is 1.80. The Labute approximate surface area is 111 Å². The first-order chi connectivity index (χ1) is 8.58. The predicted molar refractivity (Wildman–Crippen MR) is 68.5 cm³/mol. The van der Waals surface area contributed by atoms with Gasteiger partial charge in [-0.25, -0.2) is 0 Å². The molecule has 1 aliphatic heterocycles. The molecule has 0 aromatic carbocycles. The van der Waals surface area contributed by atoms with Crippen LogP contribution in [0.2, 0.25) is 0 Å². The minimum atomic E-state index is -0.860. The lowest BCUT2D eigenvalue weighted by atomic mass is 9.99. The van der Waals surface area contributed by atoms with Gasteiger partial charge >= 0.3 is 5.97 Å². The Morgan fingerprint density at radius 1 is 1.39 bits per heavy atom. The van der Waals surface area contributed by atoms with Crippen LogP contribution >= 0.6 is 11.8 Å². The van der Waals surface area contributed by atoms with E-state index in [1.165, 1.54) is 0 Å². The van der Waals surface area contributed by atoms with Gasteiger partial charge in [-0.1, -0.05) is 0 Å². The van der Waals surface area contributed by atoms with Gasteiger partial charge in [0.05, 0.1) is 11.8 Å². The van der Waals surface area contributed by atoms with Crippen LogP contribution in [0.4, 0.5) is 0 Å². The molecular formula is C12H19NO4S. The maximum atomic E-state index is 11.8. The van der Waals surface area contributed by atoms with Gasteiger partial charge in [0, 0.05) is 24.5 Å². The van der Waals surface area contributed by atoms with Gasteiger partial charge in [0.25, 0.3) is 0 Å². The molecule has 2 atom stereocenters. The second-order valence-electron chi connectivity index (χ2n) is 5.00. The Hall–Kier alpha value is -0.750. The molecule has 0 radical (unpaired) electrons. The SMILES string of the molecule is CSC1(CNC(=O)[C@H]2C[C@H]2C(=O)O)CCOCC1. The molecule has 18 heavy (non-hydrogen) atoms. The third-order valence-corrected chi connectivity index (χ3v) is 5.28. The molecule has 1 saturated carbocycles. The van der Waals surface area contributed by atoms with Gasteiger partial charge in [-0.3, -0.25) is 9.59 Å². The fourth-order valence-corrected chi connectivity index (χ4v) is 3.12. The number of carbonyl (C=O) groups is 2. The number of aliphatic carboxylic acids is 1. The Kier molecular flexibility index (Phi) is 4.17. The fraction of sp³-hybridized carbons (Fsp3) is 0.833. The Morgan fingerprint density at radius 2 is 2.06 bits per heavy atom. The highest BCUT2D eigenvalue weighted by molar-refractivity contribution is 8.00. The number of nitrogens with one attached hydrogen (secondary N) is 1. The molecule has 2 N–H and O–H groups in total. The summed E-state index contributed by atoms with van der Waals surface area (Å²) >= 11 is 1.76. The van der Waals surface area contributed by atoms with Crippen molar-refractivity contribution in [2.24, 2.45) is 11.8 Å². The van der Waals surface area contributed by atoms with E-state index in [1.807, 2.05) is 0 Å². The van der Waals surface area contributed by atoms with E-state index in [0.717, 1.165) is 26.1 Å². The summed E-state index contributed by atoms with van der Waals surface area (Å²) in [4.78, 5) is 22.5. The summed E-state index contributed by atoms with van der Waals surface area (Å²) < 4.78 is 5.40. The second-order valence-corrected chi connectivity index (χ2v) is 6.28. The van der Waals surface area contributed by atoms with Gasteiger partial charge in [-0.05, 0) is 25.5 Å². The van der Waals surface area contributed by atoms with Crippen molar-refractivity contribution < 1.29 is 19.4 Å². The molecular weight excluding hydrogens is 254 g/mol. The standard InChI is InChI=1S/C12H19NO4S/c1-18-12(2-4-17-5-3-12)7-13-10(14)8-6-9(8)11(15)16/h8-9H,2-7H2,1H3,(H,13,14)(H,15,16)/t8-,9+/m0/s1. The van der Waals surface area contributed by atoms with Crippen LogP contribution in [-0.2, 0) is 14.3 Å². The number of carboxylic acid groups (broad SMARTS) is 1. The van der Waals surface area contributed by atoms with Crippen LogP contribution in [0.25, 0.3) is 0 Å². The summed E-state index contributed by atoms with van der Waals surface area (Å²) in [7, 11) is 0. The van der Waals surface area contributed by atoms with Gasteiger partial charge in [0.1, 0.15) is 0 Å². The first kappa shape index (κ1) is 13.7. The quantitative estimate of drug-likeness (QED) is 0.772. The van der Waals surface area contributed by atoms with Crippen LogP contribution < -0.4 is 5.32 Å². The van der Waals surface area contributed by atoms with Crippen LogP contribution in [-0.4, -0.2) is 47.7 Å². The van der Waals surface area contributed by atoms with Crippen molar-refractivity contribution in [3.05, 3.63) is 0 Å². The summed E-state index contributed by atoms with van der Waals surface area (Å²) in [6.07, 6.45) is 4.40. The molecule has 2 fully saturated rings. The molecule has 5 nitrogen and oxygen atoms in total. The van der Waals surface area contributed by atoms with Crippen LogP contribution in [0.3, 0.4) is 0 Å². The van der Waals surface area contributed by atoms with Gasteiger partial charge < -0.3 is 15.2 Å². The highest BCUT2D eigenvalue weighted by Gasteiger charge is 2.48. The summed E-state index contributed by atoms with van der Waals surface area (Å²) in [6.45, 7) is 2.08. The van der Waals surface area contributed by atoms with E-state index in [1.54, 1.807) is 11.8 Å². The third-order valence-electron chi connectivity index (χ3n) is 3.87. The maximum absolute atomic E-state index is 11.8. The van der Waals surface area contributed by atoms with Crippen molar-refractivity contribution in [3.8, 4) is 0 Å². The molecule has 1 aliphatic carbocycles. The lowest BCUT2D eigenvalue weighted by molar-refractivity contribution is -0.140. The topological polar surface area (TPSA) is 75.6 Å². The number of hydrogen-bond donors (Lipinski definition) is 2. The second kappa shape index (κ2) is 5.48. The first-order valence-electron chi connectivity index (χ1n) is 6.21. The van der Waals surface area contributed by atoms with Crippen LogP contribution in [0, 0.1) is 11.8 Å². The highest BCUT2D eigenvalue weighted by Crippen LogP contribution is 2.39. The average molecular weight is 273 g/mol. The molecule has 0 unspecified atom stereocenters. The van der Waals surface area contributed by atoms with E-state index in [4.69, 9.17) is 9.84 Å². The highest BCUT2D eigenvalue weighted by atomic mass is 32.2. The molecule has 2 rings (SSSR count). The van der Waals surface area contributed by atoms with Gasteiger partial charge in [0.15, 0.2) is 0 Å². The summed E-state index contributed by atoms with van der Waals surface area (Å²) in [5, 5.41) is 11.7. The minimum absolute atomic E-state index is 0.0571. The number of carboxylic acids is 1. The molecule has 2 aliphatic rings. The average Bonchev–Trinajstić information content (AvgIpc) is 3.17. The maximum Gasteiger partial charge on any atom is 0.307 e. The zero-order valence-corrected chi connectivity index (χ0v) is 11.3. The van der Waals surface area contributed by atoms with Crippen molar-refractivity contribution in [3.63, 3.8) is 0 Å². The smallest absolute Gasteiger partial charge is 0.307 e. The molecule has 0 bridgehead atoms. The predicted octanol–water partition coefficient (Wildman–Crippen LogP) is 0.735. The van der Waals surface area contributed by atoms with Gasteiger partial charge in [-0.15, -0.1) is 0 Å². The minimum Gasteiger partial charge on any atom is -0.481 e. The molecule has 1 amide bonds. The summed E-state index contributed by atoms with van der Waals surface area (Å²) in [5.41, 5.74) is 0. The first-order valence-corrected chi connectivity index (χ1v) is 7.44. The molecule has 102 valence electrons. The van der Waals surface area contributed by atoms with Crippen molar-refractivity contribution in [2.45, 2.75) is 24.0 Å². The molecule has 1 saturated heterocycles. The van der Waals surface area contributed by atoms with E-state index in [2.05, 4.69) is 11.6 Å². The van der Waals surface area contributed by atoms with E-state index in [-0.39, 0.29) is 16.6 Å². The Bertz CT molecular complexity index is 341. The molecule has 1 heterocycles. The fourth-order valence-electron chi connectivity index (χ4n) is 2.33. The number of hydrogen-bond acceptors (Lipinski definition) is 4. The number of ether oxygens (including phenoxy) is 1. The van der Waals surface area contributed by atoms with Crippen LogP contribution in [0.15, 0.2) is 0 Å². The molecule has 0 spiro atoms. The zero-order valence-electron chi connectivity index (χ0n) is 10.5. The van der Waals surface area contributed by atoms with Crippen molar-refractivity contribution >= 4 is 23.6 Å². The van der Waals surface area contributed by atoms with E-state index < -0.39 is 11.9 Å². The number of rotatable bonds is 5. The summed E-state index contributed by atoms with van der Waals surface area (Å²) in [6, 6.07) is 0. The lowest BCUT2D eigenvalue weighted by Crippen LogP contribution is -2.44. The number of amides is 1. The van der Waals surface area contributed by atoms with E-state index in [9.17, 15) is 9.59 Å². The lowest BCUT2D eigenvalue weighted by Gasteiger charge is -2.35. The number of carbonyl (C=O) groups excluding carboxylic acids is 1. The normalized spacial score (nSPS) is 29.6. The van der Waals surface area contributed by atoms with Crippen LogP contribution in [0.1, 0.15) is 19.3 Å². The molecule has 0 aromatic rings. The molecule has 0 aromatic heterocycles. The number of thioether (sulfide) groups is 1. The van der Waals surface area contributed by atoms with Crippen LogP contribution in [0.5, 0.6) is 0 Å². The Morgan fingerprint density at radius 3 is 2.56 bits per heavy atom. The van der Waals surface area contributed by atoms with Gasteiger partial charge in [0.2, 0.25) is 5.91 Å². The third kappa shape index (κ3) is 2.98. The van der Waals surface area contributed by atoms with Crippen molar-refractivity contribution in [1.82, 2.24) is 5.32 Å². The van der Waals surface area contributed by atoms with Crippen molar-refractivity contribution in [2.75, 3.05) is 26.0 Å². The monoisotopic (exact) mass is 273 g/mol.